The summed E-state index contributed by atoms with van der Waals surface area (Å²) in [5, 5.41) is 7.88. The molecule has 0 radical (unpaired) electrons. The summed E-state index contributed by atoms with van der Waals surface area (Å²) in [4.78, 5) is 7.83. The van der Waals surface area contributed by atoms with Crippen LogP contribution in [0.5, 0.6) is 5.75 Å². The molecule has 1 aliphatic rings. The molecule has 0 atom stereocenters. The van der Waals surface area contributed by atoms with Crippen molar-refractivity contribution < 1.29 is 4.74 Å². The van der Waals surface area contributed by atoms with Gasteiger partial charge in [0.15, 0.2) is 5.75 Å². The highest BCUT2D eigenvalue weighted by Crippen LogP contribution is 2.19. The Labute approximate surface area is 105 Å². The third kappa shape index (κ3) is 2.06. The Balaban J connectivity index is 1.77. The predicted octanol–water partition coefficient (Wildman–Crippen LogP) is 0.435. The van der Waals surface area contributed by atoms with Gasteiger partial charge in [-0.25, -0.2) is 9.97 Å². The topological polar surface area (TPSA) is 64.9 Å². The molecule has 0 unspecified atom stereocenters. The first-order chi connectivity index (χ1) is 8.84. The van der Waals surface area contributed by atoms with E-state index in [9.17, 15) is 0 Å². The van der Waals surface area contributed by atoms with Crippen LogP contribution in [0.4, 0.5) is 0 Å². The lowest BCUT2D eigenvalue weighted by Gasteiger charge is -2.14. The standard InChI is InChI=1S/C12H15N5O/c1-17-12-2-3-13-6-10(12)11(16-17)7-18-9-4-14-8-15-5-9/h4-5,8,13H,2-3,6-7H2,1H3. The van der Waals surface area contributed by atoms with E-state index in [1.165, 1.54) is 17.6 Å². The average molecular weight is 245 g/mol. The Hall–Kier alpha value is -1.95. The van der Waals surface area contributed by atoms with E-state index in [0.717, 1.165) is 25.2 Å². The van der Waals surface area contributed by atoms with E-state index in [1.807, 2.05) is 11.7 Å². The van der Waals surface area contributed by atoms with Crippen molar-refractivity contribution in [3.63, 3.8) is 0 Å². The Kier molecular flexibility index (Phi) is 2.93. The van der Waals surface area contributed by atoms with Crippen molar-refractivity contribution in [1.82, 2.24) is 25.1 Å². The third-order valence-electron chi connectivity index (χ3n) is 3.11. The van der Waals surface area contributed by atoms with Gasteiger partial charge in [-0.15, -0.1) is 0 Å². The van der Waals surface area contributed by atoms with Gasteiger partial charge in [0.1, 0.15) is 18.6 Å². The second-order valence-corrected chi connectivity index (χ2v) is 4.29. The van der Waals surface area contributed by atoms with Gasteiger partial charge < -0.3 is 10.1 Å². The molecule has 6 nitrogen and oxygen atoms in total. The highest BCUT2D eigenvalue weighted by molar-refractivity contribution is 5.28. The quantitative estimate of drug-likeness (QED) is 0.849. The number of aromatic nitrogens is 4. The van der Waals surface area contributed by atoms with Crippen LogP contribution >= 0.6 is 0 Å². The summed E-state index contributed by atoms with van der Waals surface area (Å²) in [7, 11) is 1.99. The molecule has 18 heavy (non-hydrogen) atoms. The van der Waals surface area contributed by atoms with Crippen LogP contribution in [0.3, 0.4) is 0 Å². The first-order valence-electron chi connectivity index (χ1n) is 5.97. The van der Waals surface area contributed by atoms with E-state index in [2.05, 4.69) is 20.4 Å². The zero-order valence-electron chi connectivity index (χ0n) is 10.3. The smallest absolute Gasteiger partial charge is 0.156 e. The molecule has 0 bridgehead atoms. The number of aryl methyl sites for hydroxylation is 1. The minimum Gasteiger partial charge on any atom is -0.484 e. The van der Waals surface area contributed by atoms with Gasteiger partial charge in [0.2, 0.25) is 0 Å². The number of hydrogen-bond donors (Lipinski definition) is 1. The molecule has 2 aromatic rings. The first-order valence-corrected chi connectivity index (χ1v) is 5.97. The van der Waals surface area contributed by atoms with Crippen LogP contribution in [0.1, 0.15) is 17.0 Å². The lowest BCUT2D eigenvalue weighted by molar-refractivity contribution is 0.296. The number of nitrogens with one attached hydrogen (secondary N) is 1. The molecule has 0 saturated carbocycles. The van der Waals surface area contributed by atoms with Crippen LogP contribution < -0.4 is 10.1 Å². The largest absolute Gasteiger partial charge is 0.484 e. The Morgan fingerprint density at radius 2 is 2.22 bits per heavy atom. The summed E-state index contributed by atoms with van der Waals surface area (Å²) in [5.74, 6) is 0.667. The molecule has 0 aromatic carbocycles. The number of nitrogens with zero attached hydrogens (tertiary/aromatic N) is 4. The highest BCUT2D eigenvalue weighted by atomic mass is 16.5. The van der Waals surface area contributed by atoms with Gasteiger partial charge in [-0.3, -0.25) is 4.68 Å². The van der Waals surface area contributed by atoms with Crippen molar-refractivity contribution in [3.05, 3.63) is 35.7 Å². The van der Waals surface area contributed by atoms with Gasteiger partial charge in [-0.1, -0.05) is 0 Å². The maximum atomic E-state index is 5.64. The molecule has 0 aliphatic carbocycles. The summed E-state index contributed by atoms with van der Waals surface area (Å²) in [6.45, 7) is 2.34. The fourth-order valence-corrected chi connectivity index (χ4v) is 2.23. The molecule has 0 saturated heterocycles. The normalized spacial score (nSPS) is 14.3. The van der Waals surface area contributed by atoms with Gasteiger partial charge >= 0.3 is 0 Å². The van der Waals surface area contributed by atoms with E-state index in [1.54, 1.807) is 12.4 Å². The van der Waals surface area contributed by atoms with E-state index in [0.29, 0.717) is 12.4 Å². The predicted molar refractivity (Wildman–Crippen MR) is 65.0 cm³/mol. The monoisotopic (exact) mass is 245 g/mol. The first kappa shape index (κ1) is 11.2. The Bertz CT molecular complexity index is 537. The van der Waals surface area contributed by atoms with E-state index in [4.69, 9.17) is 4.74 Å². The molecule has 2 aromatic heterocycles. The van der Waals surface area contributed by atoms with E-state index >= 15 is 0 Å². The summed E-state index contributed by atoms with van der Waals surface area (Å²) in [6, 6.07) is 0. The summed E-state index contributed by atoms with van der Waals surface area (Å²) in [5.41, 5.74) is 3.56. The van der Waals surface area contributed by atoms with Gasteiger partial charge in [0.25, 0.3) is 0 Å². The van der Waals surface area contributed by atoms with Gasteiger partial charge in [0, 0.05) is 37.8 Å². The highest BCUT2D eigenvalue weighted by Gasteiger charge is 2.19. The fraction of sp³-hybridized carbons (Fsp3) is 0.417. The number of hydrogen-bond acceptors (Lipinski definition) is 5. The van der Waals surface area contributed by atoms with Gasteiger partial charge in [0.05, 0.1) is 12.4 Å². The van der Waals surface area contributed by atoms with Crippen molar-refractivity contribution in [1.29, 1.82) is 0 Å². The maximum Gasteiger partial charge on any atom is 0.156 e. The fourth-order valence-electron chi connectivity index (χ4n) is 2.23. The minimum atomic E-state index is 0.457. The number of ether oxygens (including phenoxy) is 1. The van der Waals surface area contributed by atoms with Crippen LogP contribution in [-0.4, -0.2) is 26.3 Å². The lowest BCUT2D eigenvalue weighted by atomic mass is 10.1. The van der Waals surface area contributed by atoms with Crippen molar-refractivity contribution >= 4 is 0 Å². The van der Waals surface area contributed by atoms with Crippen LogP contribution in [0.2, 0.25) is 0 Å². The minimum absolute atomic E-state index is 0.457. The van der Waals surface area contributed by atoms with Crippen molar-refractivity contribution in [2.75, 3.05) is 6.54 Å². The van der Waals surface area contributed by atoms with Crippen LogP contribution in [0.15, 0.2) is 18.7 Å². The molecule has 3 rings (SSSR count). The maximum absolute atomic E-state index is 5.64. The van der Waals surface area contributed by atoms with E-state index in [-0.39, 0.29) is 0 Å². The molecule has 0 fully saturated rings. The zero-order valence-corrected chi connectivity index (χ0v) is 10.3. The molecule has 1 aliphatic heterocycles. The van der Waals surface area contributed by atoms with Crippen molar-refractivity contribution in [2.45, 2.75) is 19.6 Å². The second-order valence-electron chi connectivity index (χ2n) is 4.29. The van der Waals surface area contributed by atoms with Gasteiger partial charge in [-0.05, 0) is 0 Å². The molecular weight excluding hydrogens is 230 g/mol. The molecular formula is C12H15N5O. The molecule has 1 N–H and O–H groups in total. The molecule has 94 valence electrons. The number of fused-ring (bicyclic) bond motifs is 1. The average Bonchev–Trinajstić information content (AvgIpc) is 2.75. The van der Waals surface area contributed by atoms with Crippen LogP contribution in [0.25, 0.3) is 0 Å². The van der Waals surface area contributed by atoms with Crippen molar-refractivity contribution in [2.24, 2.45) is 7.05 Å². The summed E-state index contributed by atoms with van der Waals surface area (Å²) in [6.07, 6.45) is 5.81. The third-order valence-corrected chi connectivity index (χ3v) is 3.11. The molecule has 0 spiro atoms. The Morgan fingerprint density at radius 3 is 3.06 bits per heavy atom. The molecule has 3 heterocycles. The second kappa shape index (κ2) is 4.73. The zero-order chi connectivity index (χ0) is 12.4. The summed E-state index contributed by atoms with van der Waals surface area (Å²) < 4.78 is 7.60. The van der Waals surface area contributed by atoms with Crippen molar-refractivity contribution in [3.8, 4) is 5.75 Å². The Morgan fingerprint density at radius 1 is 1.39 bits per heavy atom. The van der Waals surface area contributed by atoms with E-state index < -0.39 is 0 Å². The molecule has 0 amide bonds. The van der Waals surface area contributed by atoms with Gasteiger partial charge in [-0.2, -0.15) is 5.10 Å². The van der Waals surface area contributed by atoms with Crippen LogP contribution in [-0.2, 0) is 26.6 Å². The van der Waals surface area contributed by atoms with Crippen LogP contribution in [0, 0.1) is 0 Å². The summed E-state index contributed by atoms with van der Waals surface area (Å²) >= 11 is 0. The lowest BCUT2D eigenvalue weighted by Crippen LogP contribution is -2.24. The number of rotatable bonds is 3. The SMILES string of the molecule is Cn1nc(COc2cncnc2)c2c1CCNC2. The molecule has 6 heteroatoms.